The molecule has 3 fully saturated rings. The van der Waals surface area contributed by atoms with Gasteiger partial charge in [-0.15, -0.1) is 0 Å². The third kappa shape index (κ3) is 2.74. The van der Waals surface area contributed by atoms with Crippen LogP contribution in [-0.2, 0) is 25.5 Å². The van der Waals surface area contributed by atoms with Gasteiger partial charge < -0.3 is 10.1 Å². The average molecular weight is 342 g/mol. The molecule has 3 saturated heterocycles. The summed E-state index contributed by atoms with van der Waals surface area (Å²) in [5, 5.41) is 2.84. The molecule has 25 heavy (non-hydrogen) atoms. The molecular weight excluding hydrogens is 320 g/mol. The quantitative estimate of drug-likeness (QED) is 0.827. The highest BCUT2D eigenvalue weighted by molar-refractivity contribution is 6.06. The van der Waals surface area contributed by atoms with Crippen molar-refractivity contribution in [1.82, 2.24) is 4.90 Å². The first kappa shape index (κ1) is 16.3. The molecule has 0 saturated carbocycles. The van der Waals surface area contributed by atoms with Gasteiger partial charge in [0, 0.05) is 18.7 Å². The fraction of sp³-hybridized carbons (Fsp3) is 0.526. The summed E-state index contributed by atoms with van der Waals surface area (Å²) < 4.78 is 5.71. The lowest BCUT2D eigenvalue weighted by atomic mass is 9.81. The lowest BCUT2D eigenvalue weighted by Gasteiger charge is -2.17. The lowest BCUT2D eigenvalue weighted by molar-refractivity contribution is -0.142. The van der Waals surface area contributed by atoms with Crippen molar-refractivity contribution < 1.29 is 19.1 Å². The molecule has 6 nitrogen and oxygen atoms in total. The SMILES string of the molecule is CCc1cccc(NC(=O)CCN2C(=O)C3C4CCC(O4)C3C2=O)c1. The number of likely N-dealkylation sites (tertiary alicyclic amines) is 1. The summed E-state index contributed by atoms with van der Waals surface area (Å²) in [5.74, 6) is -1.16. The van der Waals surface area contributed by atoms with E-state index in [9.17, 15) is 14.4 Å². The number of aryl methyl sites for hydroxylation is 1. The molecule has 3 aliphatic heterocycles. The molecule has 3 amide bonds. The molecule has 1 aromatic carbocycles. The number of amides is 3. The molecule has 1 aromatic rings. The van der Waals surface area contributed by atoms with Crippen molar-refractivity contribution >= 4 is 23.4 Å². The zero-order chi connectivity index (χ0) is 17.6. The number of ether oxygens (including phenoxy) is 1. The third-order valence-corrected chi connectivity index (χ3v) is 5.56. The van der Waals surface area contributed by atoms with E-state index in [2.05, 4.69) is 12.2 Å². The molecule has 0 radical (unpaired) electrons. The monoisotopic (exact) mass is 342 g/mol. The molecule has 0 aromatic heterocycles. The topological polar surface area (TPSA) is 75.7 Å². The van der Waals surface area contributed by atoms with Crippen LogP contribution >= 0.6 is 0 Å². The van der Waals surface area contributed by atoms with Crippen LogP contribution < -0.4 is 5.32 Å². The lowest BCUT2D eigenvalue weighted by Crippen LogP contribution is -2.36. The molecule has 4 rings (SSSR count). The van der Waals surface area contributed by atoms with Crippen LogP contribution in [0.15, 0.2) is 24.3 Å². The van der Waals surface area contributed by atoms with Crippen LogP contribution in [-0.4, -0.2) is 41.4 Å². The van der Waals surface area contributed by atoms with Gasteiger partial charge in [-0.1, -0.05) is 19.1 Å². The van der Waals surface area contributed by atoms with Gasteiger partial charge in [0.25, 0.3) is 0 Å². The standard InChI is InChI=1S/C19H22N2O4/c1-2-11-4-3-5-12(10-11)20-15(22)8-9-21-18(23)16-13-6-7-14(25-13)17(16)19(21)24/h3-5,10,13-14,16-17H,2,6-9H2,1H3,(H,20,22). The number of hydrogen-bond acceptors (Lipinski definition) is 4. The van der Waals surface area contributed by atoms with E-state index in [4.69, 9.17) is 4.74 Å². The van der Waals surface area contributed by atoms with E-state index in [1.54, 1.807) is 0 Å². The Balaban J connectivity index is 1.36. The molecule has 4 atom stereocenters. The molecule has 3 heterocycles. The highest BCUT2D eigenvalue weighted by atomic mass is 16.5. The Hall–Kier alpha value is -2.21. The van der Waals surface area contributed by atoms with E-state index in [0.29, 0.717) is 0 Å². The Bertz CT molecular complexity index is 704. The van der Waals surface area contributed by atoms with E-state index >= 15 is 0 Å². The minimum absolute atomic E-state index is 0.109. The number of nitrogens with one attached hydrogen (secondary N) is 1. The van der Waals surface area contributed by atoms with Gasteiger partial charge in [0.15, 0.2) is 0 Å². The second-order valence-corrected chi connectivity index (χ2v) is 7.02. The van der Waals surface area contributed by atoms with Crippen molar-refractivity contribution in [3.63, 3.8) is 0 Å². The van der Waals surface area contributed by atoms with Gasteiger partial charge in [-0.2, -0.15) is 0 Å². The first-order valence-corrected chi connectivity index (χ1v) is 8.98. The zero-order valence-electron chi connectivity index (χ0n) is 14.2. The Kier molecular flexibility index (Phi) is 4.07. The summed E-state index contributed by atoms with van der Waals surface area (Å²) in [6, 6.07) is 7.68. The van der Waals surface area contributed by atoms with Crippen LogP contribution in [0.4, 0.5) is 5.69 Å². The average Bonchev–Trinajstić information content (AvgIpc) is 3.28. The number of carbonyl (C=O) groups excluding carboxylic acids is 3. The maximum Gasteiger partial charge on any atom is 0.235 e. The highest BCUT2D eigenvalue weighted by Crippen LogP contribution is 2.48. The number of nitrogens with zero attached hydrogens (tertiary/aromatic N) is 1. The van der Waals surface area contributed by atoms with Gasteiger partial charge in [0.05, 0.1) is 24.0 Å². The van der Waals surface area contributed by atoms with Crippen molar-refractivity contribution in [2.45, 2.75) is 44.8 Å². The Morgan fingerprint density at radius 2 is 1.88 bits per heavy atom. The number of carbonyl (C=O) groups is 3. The predicted molar refractivity (Wildman–Crippen MR) is 90.7 cm³/mol. The normalized spacial score (nSPS) is 30.0. The Morgan fingerprint density at radius 1 is 1.20 bits per heavy atom. The molecule has 132 valence electrons. The molecular formula is C19H22N2O4. The molecule has 0 aliphatic carbocycles. The van der Waals surface area contributed by atoms with Crippen molar-refractivity contribution in [3.05, 3.63) is 29.8 Å². The van der Waals surface area contributed by atoms with Crippen LogP contribution in [0.5, 0.6) is 0 Å². The summed E-state index contributed by atoms with van der Waals surface area (Å²) in [5.41, 5.74) is 1.89. The highest BCUT2D eigenvalue weighted by Gasteiger charge is 2.62. The van der Waals surface area contributed by atoms with E-state index in [1.165, 1.54) is 4.90 Å². The van der Waals surface area contributed by atoms with Crippen molar-refractivity contribution in [2.75, 3.05) is 11.9 Å². The summed E-state index contributed by atoms with van der Waals surface area (Å²) in [7, 11) is 0. The van der Waals surface area contributed by atoms with E-state index in [0.717, 1.165) is 30.5 Å². The second-order valence-electron chi connectivity index (χ2n) is 7.02. The third-order valence-electron chi connectivity index (χ3n) is 5.56. The molecule has 1 N–H and O–H groups in total. The summed E-state index contributed by atoms with van der Waals surface area (Å²) in [6.07, 6.45) is 2.50. The Labute approximate surface area is 146 Å². The maximum absolute atomic E-state index is 12.5. The predicted octanol–water partition coefficient (Wildman–Crippen LogP) is 1.74. The number of imide groups is 1. The zero-order valence-corrected chi connectivity index (χ0v) is 14.2. The fourth-order valence-corrected chi connectivity index (χ4v) is 4.30. The maximum atomic E-state index is 12.5. The number of hydrogen-bond donors (Lipinski definition) is 1. The minimum atomic E-state index is -0.324. The molecule has 0 spiro atoms. The van der Waals surface area contributed by atoms with Crippen LogP contribution in [0.3, 0.4) is 0 Å². The summed E-state index contributed by atoms with van der Waals surface area (Å²) >= 11 is 0. The molecule has 2 bridgehead atoms. The van der Waals surface area contributed by atoms with Crippen LogP contribution in [0.25, 0.3) is 0 Å². The first-order valence-electron chi connectivity index (χ1n) is 8.98. The van der Waals surface area contributed by atoms with Crippen LogP contribution in [0.2, 0.25) is 0 Å². The number of benzene rings is 1. The van der Waals surface area contributed by atoms with E-state index in [1.807, 2.05) is 24.3 Å². The molecule has 4 unspecified atom stereocenters. The second kappa shape index (κ2) is 6.26. The van der Waals surface area contributed by atoms with Crippen molar-refractivity contribution in [2.24, 2.45) is 11.8 Å². The van der Waals surface area contributed by atoms with Crippen LogP contribution in [0, 0.1) is 11.8 Å². The van der Waals surface area contributed by atoms with E-state index < -0.39 is 0 Å². The fourth-order valence-electron chi connectivity index (χ4n) is 4.30. The van der Waals surface area contributed by atoms with Gasteiger partial charge in [-0.25, -0.2) is 0 Å². The van der Waals surface area contributed by atoms with Crippen molar-refractivity contribution in [3.8, 4) is 0 Å². The number of anilines is 1. The largest absolute Gasteiger partial charge is 0.373 e. The van der Waals surface area contributed by atoms with Gasteiger partial charge in [0.2, 0.25) is 17.7 Å². The van der Waals surface area contributed by atoms with Crippen LogP contribution in [0.1, 0.15) is 31.7 Å². The summed E-state index contributed by atoms with van der Waals surface area (Å²) in [4.78, 5) is 38.5. The summed E-state index contributed by atoms with van der Waals surface area (Å²) in [6.45, 7) is 2.20. The van der Waals surface area contributed by atoms with Gasteiger partial charge in [0.1, 0.15) is 0 Å². The van der Waals surface area contributed by atoms with Gasteiger partial charge in [-0.05, 0) is 37.0 Å². The van der Waals surface area contributed by atoms with Gasteiger partial charge in [-0.3, -0.25) is 19.3 Å². The van der Waals surface area contributed by atoms with Gasteiger partial charge >= 0.3 is 0 Å². The van der Waals surface area contributed by atoms with Crippen molar-refractivity contribution in [1.29, 1.82) is 0 Å². The Morgan fingerprint density at radius 3 is 2.52 bits per heavy atom. The first-order chi connectivity index (χ1) is 12.1. The van der Waals surface area contributed by atoms with E-state index in [-0.39, 0.29) is 54.7 Å². The smallest absolute Gasteiger partial charge is 0.235 e. The minimum Gasteiger partial charge on any atom is -0.373 e. The molecule has 3 aliphatic rings. The molecule has 6 heteroatoms. The number of rotatable bonds is 5. The number of fused-ring (bicyclic) bond motifs is 5.